The summed E-state index contributed by atoms with van der Waals surface area (Å²) in [6, 6.07) is 22.0. The van der Waals surface area contributed by atoms with E-state index < -0.39 is 0 Å². The van der Waals surface area contributed by atoms with Gasteiger partial charge in [0.05, 0.1) is 11.3 Å². The molecule has 2 N–H and O–H groups in total. The van der Waals surface area contributed by atoms with Crippen LogP contribution in [-0.4, -0.2) is 11.8 Å². The number of hydrogen-bond acceptors (Lipinski definition) is 2. The minimum atomic E-state index is -0.282. The number of benzene rings is 3. The second-order valence-electron chi connectivity index (χ2n) is 5.80. The van der Waals surface area contributed by atoms with Crippen LogP contribution in [0.3, 0.4) is 0 Å². The maximum Gasteiger partial charge on any atom is 0.255 e. The van der Waals surface area contributed by atoms with Crippen LogP contribution in [0, 0.1) is 0 Å². The van der Waals surface area contributed by atoms with Gasteiger partial charge in [0.15, 0.2) is 0 Å². The normalized spacial score (nSPS) is 10.3. The molecule has 0 radical (unpaired) electrons. The van der Waals surface area contributed by atoms with E-state index >= 15 is 0 Å². The van der Waals surface area contributed by atoms with Gasteiger partial charge in [0.2, 0.25) is 0 Å². The number of nitrogens with one attached hydrogen (secondary N) is 2. The van der Waals surface area contributed by atoms with E-state index in [0.29, 0.717) is 27.8 Å². The minimum Gasteiger partial charge on any atom is -0.348 e. The highest BCUT2D eigenvalue weighted by Crippen LogP contribution is 2.31. The molecular formula is C21H16Br2N2O2. The lowest BCUT2D eigenvalue weighted by atomic mass is 10.1. The van der Waals surface area contributed by atoms with Crippen molar-refractivity contribution in [1.29, 1.82) is 0 Å². The van der Waals surface area contributed by atoms with Gasteiger partial charge in [0.1, 0.15) is 0 Å². The Kier molecular flexibility index (Phi) is 6.42. The first kappa shape index (κ1) is 19.3. The van der Waals surface area contributed by atoms with Gasteiger partial charge in [-0.15, -0.1) is 0 Å². The van der Waals surface area contributed by atoms with E-state index in [-0.39, 0.29) is 11.8 Å². The molecule has 0 aliphatic carbocycles. The zero-order valence-corrected chi connectivity index (χ0v) is 17.4. The van der Waals surface area contributed by atoms with E-state index in [1.54, 1.807) is 36.4 Å². The monoisotopic (exact) mass is 486 g/mol. The third kappa shape index (κ3) is 5.05. The fraction of sp³-hybridized carbons (Fsp3) is 0.0476. The number of anilines is 1. The molecule has 0 saturated heterocycles. The summed E-state index contributed by atoms with van der Waals surface area (Å²) in [4.78, 5) is 25.3. The number of hydrogen-bond donors (Lipinski definition) is 2. The van der Waals surface area contributed by atoms with Crippen LogP contribution in [0.15, 0.2) is 81.7 Å². The van der Waals surface area contributed by atoms with Crippen LogP contribution < -0.4 is 10.6 Å². The van der Waals surface area contributed by atoms with Crippen LogP contribution in [0.2, 0.25) is 0 Å². The maximum absolute atomic E-state index is 12.8. The summed E-state index contributed by atoms with van der Waals surface area (Å²) in [5.74, 6) is -0.556. The van der Waals surface area contributed by atoms with Crippen molar-refractivity contribution in [1.82, 2.24) is 5.32 Å². The molecule has 0 aliphatic rings. The molecule has 3 aromatic carbocycles. The summed E-state index contributed by atoms with van der Waals surface area (Å²) >= 11 is 6.84. The quantitative estimate of drug-likeness (QED) is 0.506. The van der Waals surface area contributed by atoms with Crippen molar-refractivity contribution in [3.8, 4) is 0 Å². The standard InChI is InChI=1S/C21H16Br2N2O2/c22-16-11-17(21(27)24-13-14-7-3-1-4-8-14)19(18(23)12-16)25-20(26)15-9-5-2-6-10-15/h1-12H,13H2,(H,24,27)(H,25,26). The molecule has 3 aromatic rings. The molecule has 0 bridgehead atoms. The van der Waals surface area contributed by atoms with Crippen molar-refractivity contribution >= 4 is 49.4 Å². The number of carbonyl (C=O) groups excluding carboxylic acids is 2. The Labute approximate surface area is 174 Å². The van der Waals surface area contributed by atoms with Gasteiger partial charge in [-0.05, 0) is 45.8 Å². The summed E-state index contributed by atoms with van der Waals surface area (Å²) in [7, 11) is 0. The molecule has 0 aromatic heterocycles. The second-order valence-corrected chi connectivity index (χ2v) is 7.57. The maximum atomic E-state index is 12.8. The van der Waals surface area contributed by atoms with E-state index in [1.165, 1.54) is 0 Å². The predicted molar refractivity (Wildman–Crippen MR) is 114 cm³/mol. The first-order valence-corrected chi connectivity index (χ1v) is 9.81. The van der Waals surface area contributed by atoms with Gasteiger partial charge in [-0.2, -0.15) is 0 Å². The summed E-state index contributed by atoms with van der Waals surface area (Å²) in [5, 5.41) is 5.73. The van der Waals surface area contributed by atoms with Crippen LogP contribution in [0.1, 0.15) is 26.3 Å². The van der Waals surface area contributed by atoms with E-state index in [1.807, 2.05) is 36.4 Å². The third-order valence-electron chi connectivity index (χ3n) is 3.87. The van der Waals surface area contributed by atoms with Crippen molar-refractivity contribution < 1.29 is 9.59 Å². The number of rotatable bonds is 5. The Morgan fingerprint density at radius 3 is 2.11 bits per heavy atom. The van der Waals surface area contributed by atoms with Crippen LogP contribution >= 0.6 is 31.9 Å². The third-order valence-corrected chi connectivity index (χ3v) is 4.95. The van der Waals surface area contributed by atoms with Gasteiger partial charge in [-0.1, -0.05) is 64.5 Å². The van der Waals surface area contributed by atoms with E-state index in [2.05, 4.69) is 42.5 Å². The van der Waals surface area contributed by atoms with Gasteiger partial charge in [-0.25, -0.2) is 0 Å². The Hall–Kier alpha value is -2.44. The molecule has 0 aliphatic heterocycles. The van der Waals surface area contributed by atoms with Crippen molar-refractivity contribution in [3.05, 3.63) is 98.4 Å². The molecule has 0 atom stereocenters. The lowest BCUT2D eigenvalue weighted by Gasteiger charge is -2.14. The van der Waals surface area contributed by atoms with Gasteiger partial charge in [0.25, 0.3) is 11.8 Å². The van der Waals surface area contributed by atoms with Crippen molar-refractivity contribution in [2.45, 2.75) is 6.54 Å². The zero-order valence-electron chi connectivity index (χ0n) is 14.2. The largest absolute Gasteiger partial charge is 0.348 e. The fourth-order valence-electron chi connectivity index (χ4n) is 2.53. The van der Waals surface area contributed by atoms with Crippen LogP contribution in [-0.2, 0) is 6.54 Å². The summed E-state index contributed by atoms with van der Waals surface area (Å²) in [5.41, 5.74) is 2.31. The van der Waals surface area contributed by atoms with Gasteiger partial charge >= 0.3 is 0 Å². The molecular weight excluding hydrogens is 472 g/mol. The van der Waals surface area contributed by atoms with Crippen LogP contribution in [0.25, 0.3) is 0 Å². The number of amides is 2. The molecule has 0 fully saturated rings. The molecule has 0 spiro atoms. The van der Waals surface area contributed by atoms with E-state index in [4.69, 9.17) is 0 Å². The fourth-order valence-corrected chi connectivity index (χ4v) is 3.85. The zero-order chi connectivity index (χ0) is 19.2. The van der Waals surface area contributed by atoms with Gasteiger partial charge in [-0.3, -0.25) is 9.59 Å². The second kappa shape index (κ2) is 8.97. The number of carbonyl (C=O) groups is 2. The van der Waals surface area contributed by atoms with Crippen LogP contribution in [0.4, 0.5) is 5.69 Å². The van der Waals surface area contributed by atoms with Gasteiger partial charge < -0.3 is 10.6 Å². The van der Waals surface area contributed by atoms with Crippen molar-refractivity contribution in [2.75, 3.05) is 5.32 Å². The number of halogens is 2. The molecule has 3 rings (SSSR count). The average molecular weight is 488 g/mol. The molecule has 4 nitrogen and oxygen atoms in total. The molecule has 0 heterocycles. The summed E-state index contributed by atoms with van der Waals surface area (Å²) < 4.78 is 1.35. The first-order chi connectivity index (χ1) is 13.0. The predicted octanol–water partition coefficient (Wildman–Crippen LogP) is 5.39. The Morgan fingerprint density at radius 1 is 0.815 bits per heavy atom. The highest BCUT2D eigenvalue weighted by atomic mass is 79.9. The Morgan fingerprint density at radius 2 is 1.44 bits per heavy atom. The molecule has 2 amide bonds. The summed E-state index contributed by atoms with van der Waals surface area (Å²) in [6.07, 6.45) is 0. The van der Waals surface area contributed by atoms with E-state index in [9.17, 15) is 9.59 Å². The molecule has 0 unspecified atom stereocenters. The molecule has 136 valence electrons. The smallest absolute Gasteiger partial charge is 0.255 e. The van der Waals surface area contributed by atoms with Gasteiger partial charge in [0, 0.05) is 21.1 Å². The topological polar surface area (TPSA) is 58.2 Å². The van der Waals surface area contributed by atoms with Crippen molar-refractivity contribution in [2.24, 2.45) is 0 Å². The first-order valence-electron chi connectivity index (χ1n) is 8.22. The highest BCUT2D eigenvalue weighted by molar-refractivity contribution is 9.11. The van der Waals surface area contributed by atoms with E-state index in [0.717, 1.165) is 10.0 Å². The lowest BCUT2D eigenvalue weighted by molar-refractivity contribution is 0.0951. The SMILES string of the molecule is O=C(Nc1c(Br)cc(Br)cc1C(=O)NCc1ccccc1)c1ccccc1. The molecule has 6 heteroatoms. The highest BCUT2D eigenvalue weighted by Gasteiger charge is 2.18. The van der Waals surface area contributed by atoms with Crippen molar-refractivity contribution in [3.63, 3.8) is 0 Å². The average Bonchev–Trinajstić information content (AvgIpc) is 2.69. The summed E-state index contributed by atoms with van der Waals surface area (Å²) in [6.45, 7) is 0.399. The molecule has 0 saturated carbocycles. The molecule has 27 heavy (non-hydrogen) atoms. The lowest BCUT2D eigenvalue weighted by Crippen LogP contribution is -2.25. The van der Waals surface area contributed by atoms with Crippen LogP contribution in [0.5, 0.6) is 0 Å². The Bertz CT molecular complexity index is 961. The minimum absolute atomic E-state index is 0.274. The Balaban J connectivity index is 1.83.